The van der Waals surface area contributed by atoms with Gasteiger partial charge in [0.2, 0.25) is 0 Å². The molecule has 0 spiro atoms. The SMILES string of the molecule is CC(OC1CCCCO1)C(CO[Si](c1ccccc1)(c1ccccc1)C(C)(C)C)NC(=O)OCc1ccccc1. The van der Waals surface area contributed by atoms with E-state index in [2.05, 4.69) is 74.6 Å². The summed E-state index contributed by atoms with van der Waals surface area (Å²) in [5.74, 6) is 0. The first-order valence-corrected chi connectivity index (χ1v) is 16.2. The van der Waals surface area contributed by atoms with Gasteiger partial charge in [-0.05, 0) is 47.2 Å². The number of nitrogens with one attached hydrogen (secondary N) is 1. The number of benzene rings is 3. The molecule has 1 heterocycles. The molecule has 0 aromatic heterocycles. The van der Waals surface area contributed by atoms with Gasteiger partial charge < -0.3 is 24.0 Å². The van der Waals surface area contributed by atoms with Crippen LogP contribution in [-0.4, -0.2) is 46.1 Å². The van der Waals surface area contributed by atoms with E-state index < -0.39 is 20.5 Å². The fourth-order valence-corrected chi connectivity index (χ4v) is 9.92. The summed E-state index contributed by atoms with van der Waals surface area (Å²) >= 11 is 0. The Labute approximate surface area is 240 Å². The van der Waals surface area contributed by atoms with E-state index in [-0.39, 0.29) is 30.6 Å². The Balaban J connectivity index is 1.59. The Bertz CT molecular complexity index is 1120. The molecule has 3 aromatic carbocycles. The van der Waals surface area contributed by atoms with Crippen LogP contribution >= 0.6 is 0 Å². The lowest BCUT2D eigenvalue weighted by Gasteiger charge is -2.44. The standard InChI is InChI=1S/C33H43NO5Si/c1-26(39-31-22-14-15-23-36-31)30(34-32(35)37-24-27-16-8-5-9-17-27)25-38-40(33(2,3)4,28-18-10-6-11-19-28)29-20-12-7-13-21-29/h5-13,16-21,26,30-31H,14-15,22-25H2,1-4H3,(H,34,35). The quantitative estimate of drug-likeness (QED) is 0.300. The van der Waals surface area contributed by atoms with Crippen LogP contribution in [-0.2, 0) is 25.2 Å². The highest BCUT2D eigenvalue weighted by molar-refractivity contribution is 6.99. The number of ether oxygens (including phenoxy) is 3. The van der Waals surface area contributed by atoms with Crippen molar-refractivity contribution in [2.24, 2.45) is 0 Å². The molecule has 0 aliphatic carbocycles. The van der Waals surface area contributed by atoms with Crippen LogP contribution in [0.5, 0.6) is 0 Å². The van der Waals surface area contributed by atoms with Gasteiger partial charge in [-0.1, -0.05) is 112 Å². The zero-order valence-electron chi connectivity index (χ0n) is 24.2. The summed E-state index contributed by atoms with van der Waals surface area (Å²) in [7, 11) is -2.81. The zero-order valence-corrected chi connectivity index (χ0v) is 25.2. The predicted octanol–water partition coefficient (Wildman–Crippen LogP) is 5.79. The summed E-state index contributed by atoms with van der Waals surface area (Å²) in [6, 6.07) is 30.2. The van der Waals surface area contributed by atoms with Crippen molar-refractivity contribution in [3.8, 4) is 0 Å². The summed E-state index contributed by atoms with van der Waals surface area (Å²) in [5, 5.41) is 5.24. The van der Waals surface area contributed by atoms with Crippen molar-refractivity contribution in [1.82, 2.24) is 5.32 Å². The Hall–Kier alpha value is -2.97. The summed E-state index contributed by atoms with van der Waals surface area (Å²) < 4.78 is 24.9. The lowest BCUT2D eigenvalue weighted by molar-refractivity contribution is -0.190. The molecular weight excluding hydrogens is 518 g/mol. The maximum Gasteiger partial charge on any atom is 0.407 e. The van der Waals surface area contributed by atoms with E-state index in [1.165, 1.54) is 10.4 Å². The third-order valence-electron chi connectivity index (χ3n) is 7.48. The average molecular weight is 562 g/mol. The number of amides is 1. The van der Waals surface area contributed by atoms with Gasteiger partial charge in [-0.25, -0.2) is 4.79 Å². The number of carbonyl (C=O) groups excluding carboxylic acids is 1. The van der Waals surface area contributed by atoms with Gasteiger partial charge in [0, 0.05) is 6.61 Å². The maximum atomic E-state index is 13.0. The van der Waals surface area contributed by atoms with Gasteiger partial charge in [-0.2, -0.15) is 0 Å². The minimum absolute atomic E-state index is 0.190. The minimum Gasteiger partial charge on any atom is -0.445 e. The van der Waals surface area contributed by atoms with Crippen LogP contribution in [0, 0.1) is 0 Å². The Morgan fingerprint density at radius 2 is 1.50 bits per heavy atom. The number of rotatable bonds is 11. The lowest BCUT2D eigenvalue weighted by Crippen LogP contribution is -2.67. The van der Waals surface area contributed by atoms with E-state index in [4.69, 9.17) is 18.6 Å². The molecule has 1 amide bonds. The third kappa shape index (κ3) is 7.60. The third-order valence-corrected chi connectivity index (χ3v) is 12.5. The van der Waals surface area contributed by atoms with Crippen molar-refractivity contribution in [2.75, 3.05) is 13.2 Å². The Morgan fingerprint density at radius 3 is 2.02 bits per heavy atom. The molecule has 0 bridgehead atoms. The molecule has 214 valence electrons. The number of hydrogen-bond donors (Lipinski definition) is 1. The molecule has 7 heteroatoms. The molecule has 0 saturated carbocycles. The fraction of sp³-hybridized carbons (Fsp3) is 0.424. The molecule has 1 saturated heterocycles. The molecule has 1 aliphatic rings. The topological polar surface area (TPSA) is 66.0 Å². The van der Waals surface area contributed by atoms with E-state index in [9.17, 15) is 4.79 Å². The van der Waals surface area contributed by atoms with E-state index in [0.29, 0.717) is 6.61 Å². The van der Waals surface area contributed by atoms with Crippen molar-refractivity contribution in [3.05, 3.63) is 96.6 Å². The van der Waals surface area contributed by atoms with Gasteiger partial charge in [0.25, 0.3) is 8.32 Å². The molecule has 6 nitrogen and oxygen atoms in total. The smallest absolute Gasteiger partial charge is 0.407 e. The van der Waals surface area contributed by atoms with Crippen molar-refractivity contribution < 1.29 is 23.4 Å². The number of hydrogen-bond acceptors (Lipinski definition) is 5. The monoisotopic (exact) mass is 561 g/mol. The predicted molar refractivity (Wildman–Crippen MR) is 161 cm³/mol. The molecule has 40 heavy (non-hydrogen) atoms. The van der Waals surface area contributed by atoms with Crippen LogP contribution in [0.25, 0.3) is 0 Å². The zero-order chi connectivity index (χ0) is 28.4. The van der Waals surface area contributed by atoms with Gasteiger partial charge in [0.1, 0.15) is 6.61 Å². The van der Waals surface area contributed by atoms with Crippen LogP contribution in [0.4, 0.5) is 4.79 Å². The van der Waals surface area contributed by atoms with Crippen molar-refractivity contribution in [1.29, 1.82) is 0 Å². The molecule has 1 fully saturated rings. The molecule has 3 unspecified atom stereocenters. The first-order valence-electron chi connectivity index (χ1n) is 14.3. The van der Waals surface area contributed by atoms with Gasteiger partial charge in [0.15, 0.2) is 6.29 Å². The summed E-state index contributed by atoms with van der Waals surface area (Å²) in [5.41, 5.74) is 0.928. The second-order valence-electron chi connectivity index (χ2n) is 11.4. The highest BCUT2D eigenvalue weighted by atomic mass is 28.4. The second-order valence-corrected chi connectivity index (χ2v) is 15.7. The molecule has 3 aromatic rings. The van der Waals surface area contributed by atoms with Crippen molar-refractivity contribution >= 4 is 24.8 Å². The fourth-order valence-electron chi connectivity index (χ4n) is 5.34. The number of carbonyl (C=O) groups is 1. The molecule has 0 radical (unpaired) electrons. The van der Waals surface area contributed by atoms with Gasteiger partial charge in [-0.3, -0.25) is 0 Å². The van der Waals surface area contributed by atoms with Crippen LogP contribution in [0.3, 0.4) is 0 Å². The Morgan fingerprint density at radius 1 is 0.925 bits per heavy atom. The van der Waals surface area contributed by atoms with Crippen molar-refractivity contribution in [2.45, 2.75) is 77.0 Å². The van der Waals surface area contributed by atoms with Crippen LogP contribution < -0.4 is 15.7 Å². The van der Waals surface area contributed by atoms with Crippen LogP contribution in [0.2, 0.25) is 5.04 Å². The van der Waals surface area contributed by atoms with E-state index >= 15 is 0 Å². The lowest BCUT2D eigenvalue weighted by atomic mass is 10.1. The summed E-state index contributed by atoms with van der Waals surface area (Å²) in [6.45, 7) is 9.84. The highest BCUT2D eigenvalue weighted by Crippen LogP contribution is 2.37. The van der Waals surface area contributed by atoms with Crippen LogP contribution in [0.1, 0.15) is 52.5 Å². The van der Waals surface area contributed by atoms with Crippen molar-refractivity contribution in [3.63, 3.8) is 0 Å². The normalized spacial score (nSPS) is 17.6. The maximum absolute atomic E-state index is 13.0. The van der Waals surface area contributed by atoms with Gasteiger partial charge >= 0.3 is 6.09 Å². The molecule has 4 rings (SSSR count). The first-order chi connectivity index (χ1) is 19.3. The average Bonchev–Trinajstić information content (AvgIpc) is 2.97. The summed E-state index contributed by atoms with van der Waals surface area (Å²) in [4.78, 5) is 13.0. The van der Waals surface area contributed by atoms with E-state index in [0.717, 1.165) is 24.8 Å². The molecule has 1 aliphatic heterocycles. The number of alkyl carbamates (subject to hydrolysis) is 1. The second kappa shape index (κ2) is 14.1. The largest absolute Gasteiger partial charge is 0.445 e. The van der Waals surface area contributed by atoms with E-state index in [1.807, 2.05) is 49.4 Å². The molecular formula is C33H43NO5Si. The van der Waals surface area contributed by atoms with Gasteiger partial charge in [-0.15, -0.1) is 0 Å². The minimum atomic E-state index is -2.81. The highest BCUT2D eigenvalue weighted by Gasteiger charge is 2.50. The van der Waals surface area contributed by atoms with Crippen LogP contribution in [0.15, 0.2) is 91.0 Å². The van der Waals surface area contributed by atoms with Gasteiger partial charge in [0.05, 0.1) is 18.8 Å². The molecule has 1 N–H and O–H groups in total. The van der Waals surface area contributed by atoms with E-state index in [1.54, 1.807) is 0 Å². The first kappa shape index (κ1) is 30.0. The Kier molecular flexibility index (Phi) is 10.6. The molecule has 3 atom stereocenters. The summed E-state index contributed by atoms with van der Waals surface area (Å²) in [6.07, 6.45) is 1.79.